The van der Waals surface area contributed by atoms with E-state index < -0.39 is 11.9 Å². The molecule has 2 aliphatic heterocycles. The van der Waals surface area contributed by atoms with Gasteiger partial charge in [-0.25, -0.2) is 15.0 Å². The van der Waals surface area contributed by atoms with E-state index >= 15 is 0 Å². The number of benzene rings is 1. The Labute approximate surface area is 219 Å². The monoisotopic (exact) mass is 541 g/mol. The van der Waals surface area contributed by atoms with Gasteiger partial charge in [0, 0.05) is 74.0 Å². The minimum absolute atomic E-state index is 0.0312. The van der Waals surface area contributed by atoms with Crippen molar-refractivity contribution in [1.29, 1.82) is 0 Å². The molecule has 196 valence electrons. The summed E-state index contributed by atoms with van der Waals surface area (Å²) in [5.41, 5.74) is 0.459. The third-order valence-electron chi connectivity index (χ3n) is 7.00. The van der Waals surface area contributed by atoms with Crippen molar-refractivity contribution in [3.8, 4) is 5.82 Å². The zero-order chi connectivity index (χ0) is 26.4. The molecule has 1 atom stereocenters. The molecule has 5 heterocycles. The lowest BCUT2D eigenvalue weighted by atomic mass is 10.2. The molecule has 0 bridgehead atoms. The summed E-state index contributed by atoms with van der Waals surface area (Å²) in [5.74, 6) is 0.250. The van der Waals surface area contributed by atoms with Gasteiger partial charge in [-0.3, -0.25) is 19.1 Å². The van der Waals surface area contributed by atoms with E-state index in [1.165, 1.54) is 11.3 Å². The second kappa shape index (κ2) is 9.48. The number of piperazine rings is 1. The van der Waals surface area contributed by atoms with Crippen LogP contribution in [0.5, 0.6) is 0 Å². The van der Waals surface area contributed by atoms with Gasteiger partial charge in [0.2, 0.25) is 5.91 Å². The number of fused-ring (bicyclic) bond motifs is 1. The van der Waals surface area contributed by atoms with E-state index in [2.05, 4.69) is 19.9 Å². The Morgan fingerprint density at radius 2 is 1.84 bits per heavy atom. The summed E-state index contributed by atoms with van der Waals surface area (Å²) in [7, 11) is 0. The van der Waals surface area contributed by atoms with Gasteiger partial charge in [0.05, 0.1) is 17.9 Å². The molecule has 0 aliphatic carbocycles. The van der Waals surface area contributed by atoms with Crippen molar-refractivity contribution in [2.75, 3.05) is 37.6 Å². The zero-order valence-corrected chi connectivity index (χ0v) is 20.8. The number of halogens is 3. The molecule has 0 radical (unpaired) electrons. The molecular formula is C25H22F3N7O2S. The average Bonchev–Trinajstić information content (AvgIpc) is 3.68. The molecule has 0 saturated carbocycles. The fourth-order valence-electron chi connectivity index (χ4n) is 5.03. The van der Waals surface area contributed by atoms with Crippen LogP contribution in [0, 0.1) is 0 Å². The lowest BCUT2D eigenvalue weighted by molar-refractivity contribution is -0.141. The van der Waals surface area contributed by atoms with Crippen molar-refractivity contribution < 1.29 is 22.8 Å². The Hall–Kier alpha value is -3.84. The van der Waals surface area contributed by atoms with Gasteiger partial charge in [0.25, 0.3) is 5.91 Å². The number of nitrogens with zero attached hydrogens (tertiary/aromatic N) is 7. The van der Waals surface area contributed by atoms with Crippen LogP contribution >= 0.6 is 11.3 Å². The standard InChI is InChI=1S/C25H22F3N7O2S/c26-25(27,28)20-13-31-21(14-30-20)34-5-3-16-11-17(1-2-19(16)34)35-15-18(12-22(35)36)32-6-8-33(9-7-32)24(37)23-29-4-10-38-23/h1-5,10-11,13-14,18H,6-9,12,15H2. The summed E-state index contributed by atoms with van der Waals surface area (Å²) < 4.78 is 40.1. The highest BCUT2D eigenvalue weighted by atomic mass is 32.1. The molecule has 1 aromatic carbocycles. The fraction of sp³-hybridized carbons (Fsp3) is 0.320. The number of thiazole rings is 1. The van der Waals surface area contributed by atoms with Gasteiger partial charge in [-0.05, 0) is 24.3 Å². The first-order valence-corrected chi connectivity index (χ1v) is 12.9. The Morgan fingerprint density at radius 1 is 1.03 bits per heavy atom. The van der Waals surface area contributed by atoms with Crippen LogP contribution in [0.2, 0.25) is 0 Å². The zero-order valence-electron chi connectivity index (χ0n) is 20.0. The van der Waals surface area contributed by atoms with Gasteiger partial charge in [0.1, 0.15) is 0 Å². The summed E-state index contributed by atoms with van der Waals surface area (Å²) in [6.07, 6.45) is 1.00. The first-order valence-electron chi connectivity index (χ1n) is 12.0. The van der Waals surface area contributed by atoms with Crippen LogP contribution in [0.3, 0.4) is 0 Å². The van der Waals surface area contributed by atoms with Gasteiger partial charge in [0.15, 0.2) is 16.5 Å². The van der Waals surface area contributed by atoms with Crippen molar-refractivity contribution in [2.45, 2.75) is 18.6 Å². The highest BCUT2D eigenvalue weighted by Gasteiger charge is 2.37. The van der Waals surface area contributed by atoms with Crippen LogP contribution in [0.15, 0.2) is 54.4 Å². The molecule has 2 fully saturated rings. The maximum atomic E-state index is 12.9. The summed E-state index contributed by atoms with van der Waals surface area (Å²) in [6, 6.07) is 7.44. The van der Waals surface area contributed by atoms with Gasteiger partial charge in [-0.1, -0.05) is 0 Å². The first-order chi connectivity index (χ1) is 18.3. The summed E-state index contributed by atoms with van der Waals surface area (Å²) in [5, 5.41) is 3.11. The quantitative estimate of drug-likeness (QED) is 0.393. The Morgan fingerprint density at radius 3 is 2.53 bits per heavy atom. The maximum Gasteiger partial charge on any atom is 0.434 e. The number of aromatic nitrogens is 4. The predicted octanol–water partition coefficient (Wildman–Crippen LogP) is 3.46. The van der Waals surface area contributed by atoms with Crippen molar-refractivity contribution in [1.82, 2.24) is 29.3 Å². The van der Waals surface area contributed by atoms with E-state index in [1.54, 1.807) is 27.2 Å². The topological polar surface area (TPSA) is 87.5 Å². The van der Waals surface area contributed by atoms with E-state index in [0.29, 0.717) is 50.3 Å². The van der Waals surface area contributed by atoms with Gasteiger partial charge >= 0.3 is 6.18 Å². The molecule has 0 spiro atoms. The number of carbonyl (C=O) groups excluding carboxylic acids is 2. The van der Waals surface area contributed by atoms with Crippen LogP contribution in [-0.4, -0.2) is 79.9 Å². The summed E-state index contributed by atoms with van der Waals surface area (Å²) >= 11 is 1.33. The number of rotatable bonds is 4. The van der Waals surface area contributed by atoms with Crippen LogP contribution in [-0.2, 0) is 11.0 Å². The predicted molar refractivity (Wildman–Crippen MR) is 134 cm³/mol. The molecule has 6 rings (SSSR count). The second-order valence-electron chi connectivity index (χ2n) is 9.21. The van der Waals surface area contributed by atoms with Crippen molar-refractivity contribution >= 4 is 39.7 Å². The lowest BCUT2D eigenvalue weighted by Gasteiger charge is -2.37. The SMILES string of the molecule is O=C(c1nccs1)N1CCN(C2CC(=O)N(c3ccc4c(ccn4-c4cnc(C(F)(F)F)cn4)c3)C2)CC1. The highest BCUT2D eigenvalue weighted by molar-refractivity contribution is 7.11. The Bertz CT molecular complexity index is 1480. The summed E-state index contributed by atoms with van der Waals surface area (Å²) in [6.45, 7) is 3.12. The largest absolute Gasteiger partial charge is 0.434 e. The van der Waals surface area contributed by atoms with Crippen LogP contribution in [0.25, 0.3) is 16.7 Å². The molecule has 2 amide bonds. The third kappa shape index (κ3) is 4.52. The highest BCUT2D eigenvalue weighted by Crippen LogP contribution is 2.30. The number of hydrogen-bond donors (Lipinski definition) is 0. The molecule has 1 unspecified atom stereocenters. The normalized spacial score (nSPS) is 19.0. The Kier molecular flexibility index (Phi) is 6.11. The van der Waals surface area contributed by atoms with Crippen LogP contribution < -0.4 is 4.90 Å². The van der Waals surface area contributed by atoms with E-state index in [9.17, 15) is 22.8 Å². The average molecular weight is 542 g/mol. The van der Waals surface area contributed by atoms with Crippen LogP contribution in [0.4, 0.5) is 18.9 Å². The lowest BCUT2D eigenvalue weighted by Crippen LogP contribution is -2.52. The van der Waals surface area contributed by atoms with E-state index in [0.717, 1.165) is 22.8 Å². The molecule has 3 aromatic heterocycles. The minimum atomic E-state index is -4.55. The third-order valence-corrected chi connectivity index (χ3v) is 7.76. The molecule has 9 nitrogen and oxygen atoms in total. The Balaban J connectivity index is 1.13. The van der Waals surface area contributed by atoms with E-state index in [1.807, 2.05) is 29.2 Å². The molecular weight excluding hydrogens is 519 g/mol. The van der Waals surface area contributed by atoms with Crippen LogP contribution in [0.1, 0.15) is 21.9 Å². The number of alkyl halides is 3. The van der Waals surface area contributed by atoms with Crippen molar-refractivity contribution in [3.05, 3.63) is 65.1 Å². The van der Waals surface area contributed by atoms with Crippen molar-refractivity contribution in [3.63, 3.8) is 0 Å². The molecule has 0 N–H and O–H groups in total. The van der Waals surface area contributed by atoms with Crippen molar-refractivity contribution in [2.24, 2.45) is 0 Å². The maximum absolute atomic E-state index is 12.9. The molecule has 4 aromatic rings. The first kappa shape index (κ1) is 24.5. The summed E-state index contributed by atoms with van der Waals surface area (Å²) in [4.78, 5) is 42.9. The number of carbonyl (C=O) groups is 2. The fourth-order valence-corrected chi connectivity index (χ4v) is 5.63. The van der Waals surface area contributed by atoms with Gasteiger partial charge in [-0.15, -0.1) is 11.3 Å². The smallest absolute Gasteiger partial charge is 0.334 e. The second-order valence-corrected chi connectivity index (χ2v) is 10.1. The molecule has 13 heteroatoms. The van der Waals surface area contributed by atoms with Gasteiger partial charge < -0.3 is 9.80 Å². The molecule has 2 saturated heterocycles. The number of anilines is 1. The number of amides is 2. The molecule has 2 aliphatic rings. The minimum Gasteiger partial charge on any atom is -0.334 e. The number of hydrogen-bond acceptors (Lipinski definition) is 7. The molecule has 38 heavy (non-hydrogen) atoms. The van der Waals surface area contributed by atoms with E-state index in [-0.39, 0.29) is 23.7 Å². The van der Waals surface area contributed by atoms with Gasteiger partial charge in [-0.2, -0.15) is 13.2 Å². The van der Waals surface area contributed by atoms with E-state index in [4.69, 9.17) is 0 Å².